The summed E-state index contributed by atoms with van der Waals surface area (Å²) in [4.78, 5) is 22.4. The maximum atomic E-state index is 11.8. The van der Waals surface area contributed by atoms with E-state index in [9.17, 15) is 9.59 Å². The first-order valence-corrected chi connectivity index (χ1v) is 5.49. The summed E-state index contributed by atoms with van der Waals surface area (Å²) >= 11 is 0. The second-order valence-electron chi connectivity index (χ2n) is 3.67. The van der Waals surface area contributed by atoms with Crippen molar-refractivity contribution < 1.29 is 9.59 Å². The second kappa shape index (κ2) is 6.65. The molecule has 0 radical (unpaired) electrons. The molecule has 0 saturated heterocycles. The number of nitrogens with one attached hydrogen (secondary N) is 1. The number of primary amides is 1. The van der Waals surface area contributed by atoms with E-state index >= 15 is 0 Å². The first-order chi connectivity index (χ1) is 8.15. The minimum atomic E-state index is -0.430. The summed E-state index contributed by atoms with van der Waals surface area (Å²) in [7, 11) is 0. The van der Waals surface area contributed by atoms with Crippen molar-refractivity contribution in [2.75, 3.05) is 13.1 Å². The van der Waals surface area contributed by atoms with Gasteiger partial charge in [0.1, 0.15) is 0 Å². The maximum Gasteiger partial charge on any atom is 0.251 e. The number of nitrogens with two attached hydrogens (primary N) is 2. The highest BCUT2D eigenvalue weighted by atomic mass is 16.2. The number of hydrogen-bond acceptors (Lipinski definition) is 3. The van der Waals surface area contributed by atoms with Crippen molar-refractivity contribution in [1.29, 1.82) is 0 Å². The molecule has 5 nitrogen and oxygen atoms in total. The normalized spacial score (nSPS) is 9.94. The lowest BCUT2D eigenvalue weighted by atomic mass is 10.0. The van der Waals surface area contributed by atoms with Gasteiger partial charge in [-0.25, -0.2) is 0 Å². The Morgan fingerprint density at radius 1 is 1.24 bits per heavy atom. The highest BCUT2D eigenvalue weighted by Gasteiger charge is 2.09. The van der Waals surface area contributed by atoms with Gasteiger partial charge in [-0.05, 0) is 24.6 Å². The van der Waals surface area contributed by atoms with Crippen LogP contribution in [0.15, 0.2) is 24.3 Å². The van der Waals surface area contributed by atoms with Crippen LogP contribution in [0.4, 0.5) is 0 Å². The van der Waals surface area contributed by atoms with Gasteiger partial charge in [0.2, 0.25) is 5.91 Å². The quantitative estimate of drug-likeness (QED) is 0.636. The highest BCUT2D eigenvalue weighted by molar-refractivity contribution is 5.95. The molecule has 0 aromatic heterocycles. The van der Waals surface area contributed by atoms with Crippen LogP contribution in [-0.4, -0.2) is 24.9 Å². The molecule has 17 heavy (non-hydrogen) atoms. The summed E-state index contributed by atoms with van der Waals surface area (Å²) < 4.78 is 0. The number of amides is 2. The van der Waals surface area contributed by atoms with Crippen LogP contribution in [0.3, 0.4) is 0 Å². The summed E-state index contributed by atoms with van der Waals surface area (Å²) in [5, 5.41) is 2.65. The molecule has 0 saturated carbocycles. The SMILES string of the molecule is NCCc1ccccc1C(=O)NCCC(N)=O. The van der Waals surface area contributed by atoms with E-state index in [0.29, 0.717) is 18.5 Å². The van der Waals surface area contributed by atoms with Crippen LogP contribution < -0.4 is 16.8 Å². The Morgan fingerprint density at radius 2 is 1.94 bits per heavy atom. The van der Waals surface area contributed by atoms with E-state index in [1.54, 1.807) is 12.1 Å². The maximum absolute atomic E-state index is 11.8. The third kappa shape index (κ3) is 4.24. The molecule has 0 fully saturated rings. The van der Waals surface area contributed by atoms with Crippen LogP contribution in [0.25, 0.3) is 0 Å². The minimum Gasteiger partial charge on any atom is -0.370 e. The monoisotopic (exact) mass is 235 g/mol. The molecular weight excluding hydrogens is 218 g/mol. The number of benzene rings is 1. The largest absolute Gasteiger partial charge is 0.370 e. The molecule has 0 bridgehead atoms. The van der Waals surface area contributed by atoms with Gasteiger partial charge in [-0.3, -0.25) is 9.59 Å². The zero-order valence-electron chi connectivity index (χ0n) is 9.61. The fourth-order valence-electron chi connectivity index (χ4n) is 1.51. The van der Waals surface area contributed by atoms with E-state index in [2.05, 4.69) is 5.32 Å². The van der Waals surface area contributed by atoms with Crippen molar-refractivity contribution >= 4 is 11.8 Å². The molecule has 1 aromatic rings. The summed E-state index contributed by atoms with van der Waals surface area (Å²) in [5.41, 5.74) is 12.0. The zero-order valence-corrected chi connectivity index (χ0v) is 9.61. The van der Waals surface area contributed by atoms with Gasteiger partial charge in [0.25, 0.3) is 5.91 Å². The molecule has 0 spiro atoms. The van der Waals surface area contributed by atoms with Crippen LogP contribution in [0.2, 0.25) is 0 Å². The molecule has 92 valence electrons. The van der Waals surface area contributed by atoms with Crippen molar-refractivity contribution in [2.24, 2.45) is 11.5 Å². The van der Waals surface area contributed by atoms with Gasteiger partial charge in [0.05, 0.1) is 0 Å². The predicted octanol–water partition coefficient (Wildman–Crippen LogP) is -0.207. The Labute approximate surface area is 100 Å². The van der Waals surface area contributed by atoms with Crippen LogP contribution in [0, 0.1) is 0 Å². The van der Waals surface area contributed by atoms with Crippen molar-refractivity contribution in [3.05, 3.63) is 35.4 Å². The van der Waals surface area contributed by atoms with Gasteiger partial charge in [0.15, 0.2) is 0 Å². The Kier molecular flexibility index (Phi) is 5.16. The van der Waals surface area contributed by atoms with E-state index in [1.807, 2.05) is 12.1 Å². The lowest BCUT2D eigenvalue weighted by Gasteiger charge is -2.08. The van der Waals surface area contributed by atoms with E-state index in [0.717, 1.165) is 5.56 Å². The molecule has 5 heteroatoms. The first kappa shape index (κ1) is 13.2. The smallest absolute Gasteiger partial charge is 0.251 e. The molecule has 0 atom stereocenters. The molecule has 0 aliphatic heterocycles. The molecule has 2 amide bonds. The number of carbonyl (C=O) groups is 2. The molecule has 0 heterocycles. The second-order valence-corrected chi connectivity index (χ2v) is 3.67. The van der Waals surface area contributed by atoms with Gasteiger partial charge in [-0.1, -0.05) is 18.2 Å². The van der Waals surface area contributed by atoms with Gasteiger partial charge < -0.3 is 16.8 Å². The minimum absolute atomic E-state index is 0.144. The Morgan fingerprint density at radius 3 is 2.59 bits per heavy atom. The highest BCUT2D eigenvalue weighted by Crippen LogP contribution is 2.08. The van der Waals surface area contributed by atoms with Gasteiger partial charge in [0, 0.05) is 18.5 Å². The molecule has 5 N–H and O–H groups in total. The van der Waals surface area contributed by atoms with Crippen molar-refractivity contribution in [2.45, 2.75) is 12.8 Å². The van der Waals surface area contributed by atoms with E-state index < -0.39 is 5.91 Å². The number of carbonyl (C=O) groups excluding carboxylic acids is 2. The number of rotatable bonds is 6. The fraction of sp³-hybridized carbons (Fsp3) is 0.333. The van der Waals surface area contributed by atoms with E-state index in [1.165, 1.54) is 0 Å². The van der Waals surface area contributed by atoms with Crippen LogP contribution in [0.5, 0.6) is 0 Å². The molecule has 1 rings (SSSR count). The molecule has 0 unspecified atom stereocenters. The third-order valence-electron chi connectivity index (χ3n) is 2.33. The molecule has 0 aliphatic carbocycles. The zero-order chi connectivity index (χ0) is 12.7. The van der Waals surface area contributed by atoms with Crippen LogP contribution in [0.1, 0.15) is 22.3 Å². The van der Waals surface area contributed by atoms with Crippen LogP contribution in [-0.2, 0) is 11.2 Å². The molecule has 0 aliphatic rings. The average molecular weight is 235 g/mol. The van der Waals surface area contributed by atoms with Gasteiger partial charge in [-0.2, -0.15) is 0 Å². The van der Waals surface area contributed by atoms with Gasteiger partial charge in [-0.15, -0.1) is 0 Å². The lowest BCUT2D eigenvalue weighted by Crippen LogP contribution is -2.28. The topological polar surface area (TPSA) is 98.2 Å². The lowest BCUT2D eigenvalue weighted by molar-refractivity contribution is -0.117. The average Bonchev–Trinajstić information content (AvgIpc) is 2.29. The Hall–Kier alpha value is -1.88. The predicted molar refractivity (Wildman–Crippen MR) is 65.3 cm³/mol. The Balaban J connectivity index is 2.64. The molecule has 1 aromatic carbocycles. The summed E-state index contributed by atoms with van der Waals surface area (Å²) in [6, 6.07) is 7.27. The van der Waals surface area contributed by atoms with Crippen molar-refractivity contribution in [3.8, 4) is 0 Å². The number of hydrogen-bond donors (Lipinski definition) is 3. The summed E-state index contributed by atoms with van der Waals surface area (Å²) in [6.45, 7) is 0.747. The first-order valence-electron chi connectivity index (χ1n) is 5.49. The Bertz CT molecular complexity index is 404. The summed E-state index contributed by atoms with van der Waals surface area (Å²) in [6.07, 6.45) is 0.796. The van der Waals surface area contributed by atoms with Gasteiger partial charge >= 0.3 is 0 Å². The molecular formula is C12H17N3O2. The summed E-state index contributed by atoms with van der Waals surface area (Å²) in [5.74, 6) is -0.629. The standard InChI is InChI=1S/C12H17N3O2/c13-7-5-9-3-1-2-4-10(9)12(17)15-8-6-11(14)16/h1-4H,5-8,13H2,(H2,14,16)(H,15,17). The van der Waals surface area contributed by atoms with Crippen molar-refractivity contribution in [1.82, 2.24) is 5.32 Å². The van der Waals surface area contributed by atoms with E-state index in [-0.39, 0.29) is 18.9 Å². The van der Waals surface area contributed by atoms with E-state index in [4.69, 9.17) is 11.5 Å². The third-order valence-corrected chi connectivity index (χ3v) is 2.33. The van der Waals surface area contributed by atoms with Crippen LogP contribution >= 0.6 is 0 Å². The fourth-order valence-corrected chi connectivity index (χ4v) is 1.51. The van der Waals surface area contributed by atoms with Crippen molar-refractivity contribution in [3.63, 3.8) is 0 Å².